The number of halogens is 2. The van der Waals surface area contributed by atoms with Gasteiger partial charge in [0.2, 0.25) is 0 Å². The number of hydrogen-bond acceptors (Lipinski definition) is 4. The average molecular weight is 309 g/mol. The zero-order valence-corrected chi connectivity index (χ0v) is 12.8. The van der Waals surface area contributed by atoms with Crippen LogP contribution in [0, 0.1) is 11.6 Å². The highest BCUT2D eigenvalue weighted by Crippen LogP contribution is 2.36. The summed E-state index contributed by atoms with van der Waals surface area (Å²) >= 11 is 1.73. The van der Waals surface area contributed by atoms with E-state index in [1.807, 2.05) is 18.7 Å². The van der Waals surface area contributed by atoms with E-state index >= 15 is 0 Å². The molecule has 1 atom stereocenters. The second kappa shape index (κ2) is 5.60. The van der Waals surface area contributed by atoms with Gasteiger partial charge in [0.1, 0.15) is 0 Å². The van der Waals surface area contributed by atoms with Gasteiger partial charge in [-0.3, -0.25) is 0 Å². The van der Waals surface area contributed by atoms with E-state index in [0.29, 0.717) is 13.1 Å². The third kappa shape index (κ3) is 2.48. The Kier molecular flexibility index (Phi) is 3.80. The number of nitrogens with one attached hydrogen (secondary N) is 1. The highest BCUT2D eigenvalue weighted by atomic mass is 32.1. The molecule has 1 unspecified atom stereocenters. The van der Waals surface area contributed by atoms with Crippen molar-refractivity contribution in [2.24, 2.45) is 0 Å². The van der Waals surface area contributed by atoms with Gasteiger partial charge in [-0.25, -0.2) is 13.8 Å². The summed E-state index contributed by atoms with van der Waals surface area (Å²) in [5, 5.41) is 4.89. The fraction of sp³-hybridized carbons (Fsp3) is 0.400. The molecule has 3 nitrogen and oxygen atoms in total. The molecular weight excluding hydrogens is 292 g/mol. The van der Waals surface area contributed by atoms with Crippen molar-refractivity contribution in [2.75, 3.05) is 23.3 Å². The van der Waals surface area contributed by atoms with E-state index in [1.165, 1.54) is 10.4 Å². The topological polar surface area (TPSA) is 28.2 Å². The number of nitrogens with zero attached hydrogens (tertiary/aromatic N) is 2. The van der Waals surface area contributed by atoms with Gasteiger partial charge >= 0.3 is 0 Å². The molecule has 1 N–H and O–H groups in total. The Labute approximate surface area is 126 Å². The molecule has 0 aromatic carbocycles. The SMILES string of the molecule is CCNc1nc(N2CCc3sccc3C2C)c(F)cc1F. The van der Waals surface area contributed by atoms with Crippen molar-refractivity contribution in [2.45, 2.75) is 26.3 Å². The third-order valence-electron chi connectivity index (χ3n) is 3.80. The van der Waals surface area contributed by atoms with Crippen LogP contribution in [-0.2, 0) is 6.42 Å². The number of aromatic nitrogens is 1. The average Bonchev–Trinajstić information content (AvgIpc) is 2.92. The lowest BCUT2D eigenvalue weighted by atomic mass is 10.0. The summed E-state index contributed by atoms with van der Waals surface area (Å²) < 4.78 is 27.9. The third-order valence-corrected chi connectivity index (χ3v) is 4.80. The number of thiophene rings is 1. The minimum atomic E-state index is -0.654. The number of rotatable bonds is 3. The van der Waals surface area contributed by atoms with E-state index in [0.717, 1.165) is 12.5 Å². The van der Waals surface area contributed by atoms with Gasteiger partial charge in [0.05, 0.1) is 6.04 Å². The van der Waals surface area contributed by atoms with E-state index in [9.17, 15) is 8.78 Å². The summed E-state index contributed by atoms with van der Waals surface area (Å²) in [5.74, 6) is -0.937. The van der Waals surface area contributed by atoms with Gasteiger partial charge in [0.15, 0.2) is 23.3 Å². The summed E-state index contributed by atoms with van der Waals surface area (Å²) in [5.41, 5.74) is 1.21. The minimum absolute atomic E-state index is 0.0435. The highest BCUT2D eigenvalue weighted by molar-refractivity contribution is 7.10. The van der Waals surface area contributed by atoms with Crippen LogP contribution in [0.4, 0.5) is 20.4 Å². The van der Waals surface area contributed by atoms with Crippen molar-refractivity contribution in [3.8, 4) is 0 Å². The van der Waals surface area contributed by atoms with Crippen LogP contribution in [0.1, 0.15) is 30.3 Å². The van der Waals surface area contributed by atoms with Crippen molar-refractivity contribution >= 4 is 23.0 Å². The molecule has 3 rings (SSSR count). The van der Waals surface area contributed by atoms with Gasteiger partial charge in [-0.1, -0.05) is 0 Å². The first-order valence-corrected chi connectivity index (χ1v) is 7.92. The molecule has 2 aromatic heterocycles. The van der Waals surface area contributed by atoms with Gasteiger partial charge in [0, 0.05) is 24.0 Å². The second-order valence-corrected chi connectivity index (χ2v) is 6.07. The first-order chi connectivity index (χ1) is 10.1. The normalized spacial score (nSPS) is 17.7. The molecule has 112 valence electrons. The zero-order valence-electron chi connectivity index (χ0n) is 12.0. The van der Waals surface area contributed by atoms with Gasteiger partial charge in [0.25, 0.3) is 0 Å². The van der Waals surface area contributed by atoms with E-state index in [2.05, 4.69) is 21.7 Å². The lowest BCUT2D eigenvalue weighted by Gasteiger charge is -2.35. The van der Waals surface area contributed by atoms with Crippen molar-refractivity contribution in [3.05, 3.63) is 39.6 Å². The first-order valence-electron chi connectivity index (χ1n) is 7.04. The molecule has 0 spiro atoms. The molecule has 3 heterocycles. The Balaban J connectivity index is 1.99. The smallest absolute Gasteiger partial charge is 0.168 e. The van der Waals surface area contributed by atoms with Crippen molar-refractivity contribution < 1.29 is 8.78 Å². The quantitative estimate of drug-likeness (QED) is 0.929. The molecule has 6 heteroatoms. The van der Waals surface area contributed by atoms with Crippen LogP contribution in [0.25, 0.3) is 0 Å². The fourth-order valence-electron chi connectivity index (χ4n) is 2.75. The van der Waals surface area contributed by atoms with E-state index in [4.69, 9.17) is 0 Å². The number of hydrogen-bond donors (Lipinski definition) is 1. The zero-order chi connectivity index (χ0) is 15.0. The second-order valence-electron chi connectivity index (χ2n) is 5.07. The summed E-state index contributed by atoms with van der Waals surface area (Å²) in [6.07, 6.45) is 0.867. The van der Waals surface area contributed by atoms with E-state index in [1.54, 1.807) is 11.3 Å². The molecular formula is C15H17F2N3S. The van der Waals surface area contributed by atoms with E-state index in [-0.39, 0.29) is 17.7 Å². The molecule has 1 aliphatic heterocycles. The molecule has 0 bridgehead atoms. The van der Waals surface area contributed by atoms with Crippen LogP contribution >= 0.6 is 11.3 Å². The number of anilines is 2. The lowest BCUT2D eigenvalue weighted by molar-refractivity contribution is 0.550. The maximum Gasteiger partial charge on any atom is 0.168 e. The Morgan fingerprint density at radius 1 is 1.43 bits per heavy atom. The Bertz CT molecular complexity index is 656. The number of fused-ring (bicyclic) bond motifs is 1. The number of pyridine rings is 1. The largest absolute Gasteiger partial charge is 0.368 e. The van der Waals surface area contributed by atoms with Crippen LogP contribution in [0.3, 0.4) is 0 Å². The van der Waals surface area contributed by atoms with Crippen molar-refractivity contribution in [3.63, 3.8) is 0 Å². The highest BCUT2D eigenvalue weighted by Gasteiger charge is 2.28. The lowest BCUT2D eigenvalue weighted by Crippen LogP contribution is -2.34. The molecule has 0 saturated carbocycles. The molecule has 1 aliphatic rings. The van der Waals surface area contributed by atoms with Crippen LogP contribution in [0.15, 0.2) is 17.5 Å². The van der Waals surface area contributed by atoms with Gasteiger partial charge in [-0.15, -0.1) is 11.3 Å². The maximum absolute atomic E-state index is 14.2. The monoisotopic (exact) mass is 309 g/mol. The van der Waals surface area contributed by atoms with Crippen LogP contribution in [0.5, 0.6) is 0 Å². The summed E-state index contributed by atoms with van der Waals surface area (Å²) in [6, 6.07) is 3.03. The predicted molar refractivity (Wildman–Crippen MR) is 82.1 cm³/mol. The minimum Gasteiger partial charge on any atom is -0.368 e. The molecule has 0 amide bonds. The van der Waals surface area contributed by atoms with Crippen LogP contribution in [-0.4, -0.2) is 18.1 Å². The molecule has 0 fully saturated rings. The summed E-state index contributed by atoms with van der Waals surface area (Å²) in [7, 11) is 0. The van der Waals surface area contributed by atoms with Crippen LogP contribution < -0.4 is 10.2 Å². The maximum atomic E-state index is 14.2. The van der Waals surface area contributed by atoms with Crippen molar-refractivity contribution in [1.82, 2.24) is 4.98 Å². The Hall–Kier alpha value is -1.69. The van der Waals surface area contributed by atoms with Gasteiger partial charge in [-0.2, -0.15) is 0 Å². The van der Waals surface area contributed by atoms with Crippen LogP contribution in [0.2, 0.25) is 0 Å². The Morgan fingerprint density at radius 2 is 2.24 bits per heavy atom. The van der Waals surface area contributed by atoms with Gasteiger partial charge < -0.3 is 10.2 Å². The molecule has 21 heavy (non-hydrogen) atoms. The summed E-state index contributed by atoms with van der Waals surface area (Å²) in [4.78, 5) is 7.41. The fourth-order valence-corrected chi connectivity index (χ4v) is 3.71. The standard InChI is InChI=1S/C15H17F2N3S/c1-3-18-14-11(16)8-12(17)15(19-14)20-6-4-13-10(9(20)2)5-7-21-13/h5,7-9H,3-4,6H2,1-2H3,(H,18,19). The first kappa shape index (κ1) is 14.3. The Morgan fingerprint density at radius 3 is 3.00 bits per heavy atom. The van der Waals surface area contributed by atoms with Crippen molar-refractivity contribution in [1.29, 1.82) is 0 Å². The van der Waals surface area contributed by atoms with E-state index < -0.39 is 11.6 Å². The molecule has 2 aromatic rings. The predicted octanol–water partition coefficient (Wildman–Crippen LogP) is 3.98. The molecule has 0 aliphatic carbocycles. The van der Waals surface area contributed by atoms with Gasteiger partial charge in [-0.05, 0) is 37.3 Å². The molecule has 0 saturated heterocycles. The summed E-state index contributed by atoms with van der Waals surface area (Å²) in [6.45, 7) is 5.11. The molecule has 0 radical (unpaired) electrons.